The molecule has 0 fully saturated rings. The van der Waals surface area contributed by atoms with Crippen LogP contribution in [0.1, 0.15) is 16.7 Å². The fraction of sp³-hybridized carbons (Fsp3) is 0.278. The van der Waals surface area contributed by atoms with E-state index in [9.17, 15) is 13.6 Å². The SMILES string of the molecule is Cc1ccc(OCC(=O)N2CCc3c(F)cc(F)cc32)cc1C. The summed E-state index contributed by atoms with van der Waals surface area (Å²) >= 11 is 0. The van der Waals surface area contributed by atoms with Crippen LogP contribution < -0.4 is 9.64 Å². The minimum absolute atomic E-state index is 0.167. The van der Waals surface area contributed by atoms with E-state index in [4.69, 9.17) is 4.74 Å². The molecule has 0 bridgehead atoms. The molecule has 0 N–H and O–H groups in total. The smallest absolute Gasteiger partial charge is 0.264 e. The van der Waals surface area contributed by atoms with Crippen molar-refractivity contribution in [2.45, 2.75) is 20.3 Å². The van der Waals surface area contributed by atoms with Crippen LogP contribution in [0.3, 0.4) is 0 Å². The third-order valence-electron chi connectivity index (χ3n) is 4.15. The van der Waals surface area contributed by atoms with Gasteiger partial charge in [-0.1, -0.05) is 6.07 Å². The normalized spacial score (nSPS) is 13.1. The molecule has 5 heteroatoms. The Kier molecular flexibility index (Phi) is 4.03. The summed E-state index contributed by atoms with van der Waals surface area (Å²) in [4.78, 5) is 13.7. The molecule has 2 aromatic rings. The van der Waals surface area contributed by atoms with Gasteiger partial charge in [-0.05, 0) is 49.6 Å². The van der Waals surface area contributed by atoms with Gasteiger partial charge in [0.15, 0.2) is 6.61 Å². The number of hydrogen-bond acceptors (Lipinski definition) is 2. The number of carbonyl (C=O) groups excluding carboxylic acids is 1. The van der Waals surface area contributed by atoms with Crippen molar-refractivity contribution in [2.75, 3.05) is 18.1 Å². The van der Waals surface area contributed by atoms with Crippen LogP contribution in [-0.4, -0.2) is 19.1 Å². The van der Waals surface area contributed by atoms with Gasteiger partial charge in [0.05, 0.1) is 5.69 Å². The predicted molar refractivity (Wildman–Crippen MR) is 83.8 cm³/mol. The molecule has 0 atom stereocenters. The number of benzene rings is 2. The first kappa shape index (κ1) is 15.5. The van der Waals surface area contributed by atoms with Crippen LogP contribution in [0, 0.1) is 25.5 Å². The van der Waals surface area contributed by atoms with Crippen LogP contribution >= 0.6 is 0 Å². The van der Waals surface area contributed by atoms with E-state index in [1.54, 1.807) is 6.07 Å². The minimum atomic E-state index is -0.684. The third kappa shape index (κ3) is 3.04. The van der Waals surface area contributed by atoms with Crippen LogP contribution in [-0.2, 0) is 11.2 Å². The Bertz CT molecular complexity index is 774. The average Bonchev–Trinajstić information content (AvgIpc) is 2.92. The van der Waals surface area contributed by atoms with E-state index in [-0.39, 0.29) is 12.5 Å². The molecular formula is C18H17F2NO2. The fourth-order valence-corrected chi connectivity index (χ4v) is 2.71. The molecule has 120 valence electrons. The van der Waals surface area contributed by atoms with Gasteiger partial charge in [0.25, 0.3) is 5.91 Å². The van der Waals surface area contributed by atoms with Gasteiger partial charge in [0.2, 0.25) is 0 Å². The molecule has 3 nitrogen and oxygen atoms in total. The van der Waals surface area contributed by atoms with Gasteiger partial charge in [-0.2, -0.15) is 0 Å². The van der Waals surface area contributed by atoms with E-state index in [2.05, 4.69) is 0 Å². The summed E-state index contributed by atoms with van der Waals surface area (Å²) in [7, 11) is 0. The Hall–Kier alpha value is -2.43. The van der Waals surface area contributed by atoms with Gasteiger partial charge in [-0.15, -0.1) is 0 Å². The third-order valence-corrected chi connectivity index (χ3v) is 4.15. The maximum atomic E-state index is 13.7. The molecule has 1 heterocycles. The van der Waals surface area contributed by atoms with E-state index in [1.165, 1.54) is 11.0 Å². The number of halogens is 2. The molecule has 0 radical (unpaired) electrons. The highest BCUT2D eigenvalue weighted by Crippen LogP contribution is 2.31. The molecule has 0 unspecified atom stereocenters. The summed E-state index contributed by atoms with van der Waals surface area (Å²) in [5, 5.41) is 0. The van der Waals surface area contributed by atoms with E-state index in [0.717, 1.165) is 17.2 Å². The largest absolute Gasteiger partial charge is 0.484 e. The van der Waals surface area contributed by atoms with Crippen molar-refractivity contribution in [1.82, 2.24) is 0 Å². The van der Waals surface area contributed by atoms with Crippen LogP contribution in [0.25, 0.3) is 0 Å². The van der Waals surface area contributed by atoms with Crippen molar-refractivity contribution >= 4 is 11.6 Å². The van der Waals surface area contributed by atoms with Crippen molar-refractivity contribution in [3.8, 4) is 5.75 Å². The summed E-state index contributed by atoms with van der Waals surface area (Å²) in [6.45, 7) is 4.13. The van der Waals surface area contributed by atoms with Gasteiger partial charge < -0.3 is 9.64 Å². The van der Waals surface area contributed by atoms with Crippen molar-refractivity contribution in [1.29, 1.82) is 0 Å². The number of rotatable bonds is 3. The van der Waals surface area contributed by atoms with Gasteiger partial charge in [0, 0.05) is 18.2 Å². The fourth-order valence-electron chi connectivity index (χ4n) is 2.71. The number of nitrogens with zero attached hydrogens (tertiary/aromatic N) is 1. The highest BCUT2D eigenvalue weighted by Gasteiger charge is 2.28. The first-order chi connectivity index (χ1) is 11.0. The quantitative estimate of drug-likeness (QED) is 0.866. The Balaban J connectivity index is 1.72. The van der Waals surface area contributed by atoms with E-state index >= 15 is 0 Å². The average molecular weight is 317 g/mol. The number of anilines is 1. The molecule has 1 amide bonds. The summed E-state index contributed by atoms with van der Waals surface area (Å²) in [6, 6.07) is 7.62. The molecule has 0 saturated carbocycles. The molecule has 2 aromatic carbocycles. The highest BCUT2D eigenvalue weighted by atomic mass is 19.1. The van der Waals surface area contributed by atoms with Crippen LogP contribution in [0.2, 0.25) is 0 Å². The molecule has 1 aliphatic heterocycles. The lowest BCUT2D eigenvalue weighted by molar-refractivity contribution is -0.120. The first-order valence-electron chi connectivity index (χ1n) is 7.44. The van der Waals surface area contributed by atoms with Gasteiger partial charge in [-0.3, -0.25) is 4.79 Å². The Labute approximate surface area is 133 Å². The molecule has 0 spiro atoms. The van der Waals surface area contributed by atoms with Crippen molar-refractivity contribution in [2.24, 2.45) is 0 Å². The number of ether oxygens (including phenoxy) is 1. The lowest BCUT2D eigenvalue weighted by atomic mass is 10.1. The van der Waals surface area contributed by atoms with E-state index < -0.39 is 11.6 Å². The van der Waals surface area contributed by atoms with Crippen molar-refractivity contribution in [3.63, 3.8) is 0 Å². The Morgan fingerprint density at radius 1 is 1.17 bits per heavy atom. The minimum Gasteiger partial charge on any atom is -0.484 e. The summed E-state index contributed by atoms with van der Waals surface area (Å²) in [6.07, 6.45) is 0.386. The number of fused-ring (bicyclic) bond motifs is 1. The van der Waals surface area contributed by atoms with Crippen molar-refractivity contribution < 1.29 is 18.3 Å². The number of hydrogen-bond donors (Lipinski definition) is 0. The molecule has 23 heavy (non-hydrogen) atoms. The van der Waals surface area contributed by atoms with Gasteiger partial charge in [-0.25, -0.2) is 8.78 Å². The molecule has 1 aliphatic rings. The maximum absolute atomic E-state index is 13.7. The molecule has 0 aliphatic carbocycles. The zero-order chi connectivity index (χ0) is 16.6. The summed E-state index contributed by atoms with van der Waals surface area (Å²) in [5.41, 5.74) is 2.90. The Morgan fingerprint density at radius 2 is 1.96 bits per heavy atom. The molecule has 0 aromatic heterocycles. The monoisotopic (exact) mass is 317 g/mol. The zero-order valence-corrected chi connectivity index (χ0v) is 13.0. The van der Waals surface area contributed by atoms with Gasteiger partial charge >= 0.3 is 0 Å². The van der Waals surface area contributed by atoms with Crippen LogP contribution in [0.4, 0.5) is 14.5 Å². The lowest BCUT2D eigenvalue weighted by Crippen LogP contribution is -2.33. The van der Waals surface area contributed by atoms with Crippen LogP contribution in [0.15, 0.2) is 30.3 Å². The topological polar surface area (TPSA) is 29.5 Å². The molecule has 3 rings (SSSR count). The number of carbonyl (C=O) groups is 1. The lowest BCUT2D eigenvalue weighted by Gasteiger charge is -2.18. The number of aryl methyl sites for hydroxylation is 2. The maximum Gasteiger partial charge on any atom is 0.264 e. The second-order valence-corrected chi connectivity index (χ2v) is 5.72. The van der Waals surface area contributed by atoms with Crippen molar-refractivity contribution in [3.05, 3.63) is 58.7 Å². The van der Waals surface area contributed by atoms with Gasteiger partial charge in [0.1, 0.15) is 17.4 Å². The highest BCUT2D eigenvalue weighted by molar-refractivity contribution is 5.96. The second kappa shape index (κ2) is 5.99. The second-order valence-electron chi connectivity index (χ2n) is 5.72. The zero-order valence-electron chi connectivity index (χ0n) is 13.0. The number of amides is 1. The van der Waals surface area contributed by atoms with Crippen LogP contribution in [0.5, 0.6) is 5.75 Å². The summed E-state index contributed by atoms with van der Waals surface area (Å²) < 4.78 is 32.6. The molecule has 0 saturated heterocycles. The standard InChI is InChI=1S/C18H17F2NO2/c1-11-3-4-14(7-12(11)2)23-10-18(22)21-6-5-15-16(20)8-13(19)9-17(15)21/h3-4,7-9H,5-6,10H2,1-2H3. The Morgan fingerprint density at radius 3 is 2.70 bits per heavy atom. The summed E-state index contributed by atoms with van der Waals surface area (Å²) in [5.74, 6) is -1.00. The predicted octanol–water partition coefficient (Wildman–Crippen LogP) is 3.55. The van der Waals surface area contributed by atoms with E-state index in [1.807, 2.05) is 26.0 Å². The molecular weight excluding hydrogens is 300 g/mol. The van der Waals surface area contributed by atoms with E-state index in [0.29, 0.717) is 30.0 Å². The first-order valence-corrected chi connectivity index (χ1v) is 7.44.